The van der Waals surface area contributed by atoms with Crippen LogP contribution in [0, 0.1) is 13.8 Å². The molecular formula is C21H18N2O3S2. The smallest absolute Gasteiger partial charge is 0.265 e. The largest absolute Gasteiger partial charge is 0.482 e. The van der Waals surface area contributed by atoms with Gasteiger partial charge in [-0.05, 0) is 48.7 Å². The molecule has 0 aromatic heterocycles. The molecule has 142 valence electrons. The number of aryl methyl sites for hydroxylation is 2. The van der Waals surface area contributed by atoms with Crippen LogP contribution in [0.15, 0.2) is 41.3 Å². The Labute approximate surface area is 172 Å². The predicted octanol–water partition coefficient (Wildman–Crippen LogP) is 3.72. The Morgan fingerprint density at radius 1 is 1.21 bits per heavy atom. The van der Waals surface area contributed by atoms with Crippen LogP contribution in [0.25, 0.3) is 6.08 Å². The first-order valence-corrected chi connectivity index (χ1v) is 10.0. The summed E-state index contributed by atoms with van der Waals surface area (Å²) in [5.41, 5.74) is 4.90. The zero-order valence-electron chi connectivity index (χ0n) is 15.4. The second-order valence-corrected chi connectivity index (χ2v) is 8.50. The van der Waals surface area contributed by atoms with Gasteiger partial charge in [0, 0.05) is 0 Å². The van der Waals surface area contributed by atoms with E-state index in [1.165, 1.54) is 11.8 Å². The summed E-state index contributed by atoms with van der Waals surface area (Å²) in [4.78, 5) is 26.8. The molecule has 0 aliphatic carbocycles. The van der Waals surface area contributed by atoms with Crippen LogP contribution in [-0.2, 0) is 16.1 Å². The highest BCUT2D eigenvalue weighted by atomic mass is 32.2. The Kier molecular flexibility index (Phi) is 4.95. The van der Waals surface area contributed by atoms with E-state index in [4.69, 9.17) is 17.0 Å². The molecular weight excluding hydrogens is 392 g/mol. The van der Waals surface area contributed by atoms with Crippen molar-refractivity contribution >= 4 is 51.9 Å². The van der Waals surface area contributed by atoms with Crippen LogP contribution < -0.4 is 15.0 Å². The monoisotopic (exact) mass is 410 g/mol. The van der Waals surface area contributed by atoms with Crippen LogP contribution in [-0.4, -0.2) is 22.7 Å². The van der Waals surface area contributed by atoms with E-state index in [0.29, 0.717) is 27.2 Å². The fraction of sp³-hybridized carbons (Fsp3) is 0.190. The molecule has 0 radical (unpaired) electrons. The molecule has 2 aliphatic rings. The van der Waals surface area contributed by atoms with Crippen molar-refractivity contribution in [3.63, 3.8) is 0 Å². The number of benzene rings is 2. The van der Waals surface area contributed by atoms with Crippen LogP contribution in [0.2, 0.25) is 0 Å². The normalized spacial score (nSPS) is 17.6. The lowest BCUT2D eigenvalue weighted by Crippen LogP contribution is -2.38. The van der Waals surface area contributed by atoms with Gasteiger partial charge in [0.2, 0.25) is 0 Å². The van der Waals surface area contributed by atoms with E-state index in [1.54, 1.807) is 11.0 Å². The molecule has 4 rings (SSSR count). The molecule has 1 fully saturated rings. The van der Waals surface area contributed by atoms with E-state index in [1.807, 2.05) is 32.0 Å². The maximum absolute atomic E-state index is 12.6. The fourth-order valence-corrected chi connectivity index (χ4v) is 4.24. The molecule has 0 saturated carbocycles. The number of hydrogen-bond donors (Lipinski definition) is 1. The van der Waals surface area contributed by atoms with Crippen molar-refractivity contribution < 1.29 is 14.3 Å². The number of nitrogens with one attached hydrogen (secondary N) is 1. The number of ether oxygens (including phenoxy) is 1. The van der Waals surface area contributed by atoms with Crippen molar-refractivity contribution in [3.05, 3.63) is 63.6 Å². The molecule has 2 aromatic carbocycles. The number of anilines is 1. The van der Waals surface area contributed by atoms with Crippen LogP contribution >= 0.6 is 24.0 Å². The van der Waals surface area contributed by atoms with E-state index in [2.05, 4.69) is 23.5 Å². The second kappa shape index (κ2) is 7.41. The number of hydrogen-bond acceptors (Lipinski definition) is 5. The highest BCUT2D eigenvalue weighted by Crippen LogP contribution is 2.36. The number of carbonyl (C=O) groups excluding carboxylic acids is 2. The summed E-state index contributed by atoms with van der Waals surface area (Å²) in [5.74, 6) is 0.366. The minimum Gasteiger partial charge on any atom is -0.482 e. The molecule has 2 aromatic rings. The average molecular weight is 411 g/mol. The molecule has 1 N–H and O–H groups in total. The SMILES string of the molecule is Cc1ccc(C)c(CN2C(=O)COc3ccc(C=C4SC(=S)NC4=O)cc32)c1. The molecule has 2 heterocycles. The third-order valence-electron chi connectivity index (χ3n) is 4.70. The van der Waals surface area contributed by atoms with Gasteiger partial charge < -0.3 is 15.0 Å². The third kappa shape index (κ3) is 3.68. The van der Waals surface area contributed by atoms with Gasteiger partial charge in [-0.3, -0.25) is 9.59 Å². The summed E-state index contributed by atoms with van der Waals surface area (Å²) in [6.45, 7) is 4.57. The first-order valence-electron chi connectivity index (χ1n) is 8.79. The molecule has 0 atom stereocenters. The number of rotatable bonds is 3. The summed E-state index contributed by atoms with van der Waals surface area (Å²) < 4.78 is 6.05. The van der Waals surface area contributed by atoms with Crippen molar-refractivity contribution in [3.8, 4) is 5.75 Å². The van der Waals surface area contributed by atoms with Gasteiger partial charge in [0.05, 0.1) is 17.1 Å². The maximum Gasteiger partial charge on any atom is 0.265 e. The zero-order valence-corrected chi connectivity index (χ0v) is 17.1. The zero-order chi connectivity index (χ0) is 19.8. The standard InChI is InChI=1S/C21H18N2O3S2/c1-12-3-4-13(2)15(7-12)10-23-16-8-14(5-6-17(16)26-11-19(23)24)9-18-20(25)22-21(27)28-18/h3-9H,10-11H2,1-2H3,(H,22,25,27). The van der Waals surface area contributed by atoms with Crippen molar-refractivity contribution in [2.24, 2.45) is 0 Å². The molecule has 7 heteroatoms. The van der Waals surface area contributed by atoms with E-state index < -0.39 is 0 Å². The van der Waals surface area contributed by atoms with Gasteiger partial charge in [0.25, 0.3) is 11.8 Å². The van der Waals surface area contributed by atoms with Crippen molar-refractivity contribution in [1.29, 1.82) is 0 Å². The van der Waals surface area contributed by atoms with Crippen LogP contribution in [0.4, 0.5) is 5.69 Å². The van der Waals surface area contributed by atoms with Gasteiger partial charge in [-0.1, -0.05) is 53.8 Å². The van der Waals surface area contributed by atoms with Gasteiger partial charge in [-0.15, -0.1) is 0 Å². The summed E-state index contributed by atoms with van der Waals surface area (Å²) in [5, 5.41) is 2.61. The van der Waals surface area contributed by atoms with Gasteiger partial charge in [-0.25, -0.2) is 0 Å². The number of nitrogens with zero attached hydrogens (tertiary/aromatic N) is 1. The molecule has 28 heavy (non-hydrogen) atoms. The average Bonchev–Trinajstić information content (AvgIpc) is 2.97. The minimum absolute atomic E-state index is 0.0187. The van der Waals surface area contributed by atoms with Crippen LogP contribution in [0.5, 0.6) is 5.75 Å². The van der Waals surface area contributed by atoms with Crippen molar-refractivity contribution in [1.82, 2.24) is 5.32 Å². The molecule has 2 amide bonds. The Morgan fingerprint density at radius 2 is 2.04 bits per heavy atom. The Balaban J connectivity index is 1.70. The Hall–Kier alpha value is -2.64. The molecule has 0 spiro atoms. The van der Waals surface area contributed by atoms with Gasteiger partial charge in [0.1, 0.15) is 10.1 Å². The predicted molar refractivity (Wildman–Crippen MR) is 115 cm³/mol. The molecule has 0 unspecified atom stereocenters. The topological polar surface area (TPSA) is 58.6 Å². The molecule has 2 aliphatic heterocycles. The second-order valence-electron chi connectivity index (χ2n) is 6.78. The van der Waals surface area contributed by atoms with E-state index >= 15 is 0 Å². The first kappa shape index (κ1) is 18.7. The van der Waals surface area contributed by atoms with Gasteiger partial charge in [0.15, 0.2) is 6.61 Å². The molecule has 5 nitrogen and oxygen atoms in total. The molecule has 1 saturated heterocycles. The van der Waals surface area contributed by atoms with Crippen LogP contribution in [0.3, 0.4) is 0 Å². The molecule has 0 bridgehead atoms. The quantitative estimate of drug-likeness (QED) is 0.617. The third-order valence-corrected chi connectivity index (χ3v) is 5.86. The number of thiocarbonyl (C=S) groups is 1. The van der Waals surface area contributed by atoms with E-state index in [-0.39, 0.29) is 18.4 Å². The lowest BCUT2D eigenvalue weighted by molar-refractivity contribution is -0.121. The summed E-state index contributed by atoms with van der Waals surface area (Å²) in [6.07, 6.45) is 1.77. The number of carbonyl (C=O) groups is 2. The fourth-order valence-electron chi connectivity index (χ4n) is 3.20. The lowest BCUT2D eigenvalue weighted by Gasteiger charge is -2.30. The Bertz CT molecular complexity index is 1050. The maximum atomic E-state index is 12.6. The van der Waals surface area contributed by atoms with E-state index in [9.17, 15) is 9.59 Å². The summed E-state index contributed by atoms with van der Waals surface area (Å²) in [6, 6.07) is 11.8. The number of amides is 2. The van der Waals surface area contributed by atoms with Crippen molar-refractivity contribution in [2.45, 2.75) is 20.4 Å². The number of thioether (sulfide) groups is 1. The highest BCUT2D eigenvalue weighted by Gasteiger charge is 2.27. The van der Waals surface area contributed by atoms with Gasteiger partial charge >= 0.3 is 0 Å². The number of fused-ring (bicyclic) bond motifs is 1. The highest BCUT2D eigenvalue weighted by molar-refractivity contribution is 8.26. The van der Waals surface area contributed by atoms with Gasteiger partial charge in [-0.2, -0.15) is 0 Å². The van der Waals surface area contributed by atoms with Crippen molar-refractivity contribution in [2.75, 3.05) is 11.5 Å². The van der Waals surface area contributed by atoms with E-state index in [0.717, 1.165) is 22.3 Å². The van der Waals surface area contributed by atoms with Crippen LogP contribution in [0.1, 0.15) is 22.3 Å². The first-order chi connectivity index (χ1) is 13.4. The lowest BCUT2D eigenvalue weighted by atomic mass is 10.0. The minimum atomic E-state index is -0.202. The summed E-state index contributed by atoms with van der Waals surface area (Å²) in [7, 11) is 0. The summed E-state index contributed by atoms with van der Waals surface area (Å²) >= 11 is 6.27. The Morgan fingerprint density at radius 3 is 2.79 bits per heavy atom.